The van der Waals surface area contributed by atoms with E-state index in [1.54, 1.807) is 11.9 Å². The second-order valence-corrected chi connectivity index (χ2v) is 6.52. The third kappa shape index (κ3) is 4.85. The van der Waals surface area contributed by atoms with Gasteiger partial charge < -0.3 is 15.5 Å². The van der Waals surface area contributed by atoms with E-state index in [2.05, 4.69) is 10.6 Å². The zero-order valence-electron chi connectivity index (χ0n) is 13.2. The summed E-state index contributed by atoms with van der Waals surface area (Å²) in [5, 5.41) is 6.28. The molecule has 1 heterocycles. The lowest BCUT2D eigenvalue weighted by Crippen LogP contribution is -2.47. The van der Waals surface area contributed by atoms with Gasteiger partial charge in [-0.2, -0.15) is 0 Å². The monoisotopic (exact) mass is 317 g/mol. The Morgan fingerprint density at radius 1 is 1.29 bits per heavy atom. The van der Waals surface area contributed by atoms with E-state index in [-0.39, 0.29) is 42.8 Å². The summed E-state index contributed by atoms with van der Waals surface area (Å²) in [6, 6.07) is 0.522. The third-order valence-electron chi connectivity index (χ3n) is 4.37. The van der Waals surface area contributed by atoms with Crippen LogP contribution in [0.2, 0.25) is 0 Å². The molecule has 1 aliphatic heterocycles. The number of halogens is 1. The Balaban J connectivity index is 0.00000220. The Hall–Kier alpha value is -0.810. The van der Waals surface area contributed by atoms with Gasteiger partial charge in [-0.25, -0.2) is 0 Å². The van der Waals surface area contributed by atoms with Gasteiger partial charge in [-0.3, -0.25) is 9.59 Å². The second-order valence-electron chi connectivity index (χ2n) is 6.52. The molecule has 2 aliphatic rings. The van der Waals surface area contributed by atoms with Crippen LogP contribution in [-0.2, 0) is 9.59 Å². The number of fused-ring (bicyclic) bond motifs is 1. The van der Waals surface area contributed by atoms with Crippen LogP contribution in [0.4, 0.5) is 0 Å². The molecule has 1 saturated heterocycles. The second kappa shape index (κ2) is 7.99. The fourth-order valence-electron chi connectivity index (χ4n) is 3.44. The van der Waals surface area contributed by atoms with Gasteiger partial charge in [0.15, 0.2) is 0 Å². The van der Waals surface area contributed by atoms with Crippen molar-refractivity contribution in [2.24, 2.45) is 5.92 Å². The molecule has 21 heavy (non-hydrogen) atoms. The van der Waals surface area contributed by atoms with Crippen molar-refractivity contribution in [2.45, 2.75) is 64.1 Å². The van der Waals surface area contributed by atoms with Crippen LogP contribution in [0.1, 0.15) is 46.0 Å². The van der Waals surface area contributed by atoms with Crippen molar-refractivity contribution in [1.82, 2.24) is 15.5 Å². The zero-order chi connectivity index (χ0) is 14.7. The van der Waals surface area contributed by atoms with Gasteiger partial charge >= 0.3 is 0 Å². The molecule has 1 aliphatic carbocycles. The Morgan fingerprint density at radius 2 is 1.95 bits per heavy atom. The normalized spacial score (nSPS) is 27.7. The molecule has 5 nitrogen and oxygen atoms in total. The average Bonchev–Trinajstić information content (AvgIpc) is 2.80. The fourth-order valence-corrected chi connectivity index (χ4v) is 3.44. The summed E-state index contributed by atoms with van der Waals surface area (Å²) < 4.78 is 0. The van der Waals surface area contributed by atoms with E-state index >= 15 is 0 Å². The van der Waals surface area contributed by atoms with Gasteiger partial charge in [-0.15, -0.1) is 12.4 Å². The summed E-state index contributed by atoms with van der Waals surface area (Å²) in [7, 11) is 1.71. The predicted molar refractivity (Wildman–Crippen MR) is 85.5 cm³/mol. The lowest BCUT2D eigenvalue weighted by atomic mass is 9.85. The van der Waals surface area contributed by atoms with Crippen LogP contribution in [0.5, 0.6) is 0 Å². The summed E-state index contributed by atoms with van der Waals surface area (Å²) in [6.45, 7) is 3.98. The largest absolute Gasteiger partial charge is 0.352 e. The van der Waals surface area contributed by atoms with E-state index in [9.17, 15) is 9.59 Å². The first kappa shape index (κ1) is 18.2. The average molecular weight is 318 g/mol. The molecule has 2 rings (SSSR count). The molecule has 0 aromatic rings. The molecule has 3 atom stereocenters. The van der Waals surface area contributed by atoms with E-state index in [1.807, 2.05) is 13.8 Å². The number of rotatable bonds is 4. The van der Waals surface area contributed by atoms with E-state index in [0.717, 1.165) is 6.42 Å². The van der Waals surface area contributed by atoms with E-state index in [1.165, 1.54) is 25.7 Å². The van der Waals surface area contributed by atoms with Gasteiger partial charge in [0.2, 0.25) is 11.8 Å². The molecule has 2 amide bonds. The number of carbonyl (C=O) groups is 2. The summed E-state index contributed by atoms with van der Waals surface area (Å²) in [6.07, 6.45) is 5.91. The van der Waals surface area contributed by atoms with Gasteiger partial charge in [0.25, 0.3) is 0 Å². The van der Waals surface area contributed by atoms with Crippen LogP contribution in [0.25, 0.3) is 0 Å². The van der Waals surface area contributed by atoms with Crippen LogP contribution < -0.4 is 10.6 Å². The zero-order valence-corrected chi connectivity index (χ0v) is 14.0. The van der Waals surface area contributed by atoms with Crippen LogP contribution in [0, 0.1) is 5.92 Å². The fraction of sp³-hybridized carbons (Fsp3) is 0.867. The smallest absolute Gasteiger partial charge is 0.239 e. The lowest BCUT2D eigenvalue weighted by Gasteiger charge is -2.24. The van der Waals surface area contributed by atoms with Crippen molar-refractivity contribution >= 4 is 24.2 Å². The number of likely N-dealkylation sites (N-methyl/N-ethyl adjacent to an activating group) is 1. The first-order chi connectivity index (χ1) is 9.47. The van der Waals surface area contributed by atoms with Crippen molar-refractivity contribution in [3.8, 4) is 0 Å². The first-order valence-corrected chi connectivity index (χ1v) is 7.77. The number of nitrogens with one attached hydrogen (secondary N) is 2. The number of nitrogens with zero attached hydrogens (tertiary/aromatic N) is 1. The standard InChI is InChI=1S/C15H27N3O2.ClH/c1-10(2)16-14(19)9-18(3)15(20)13-8-11-6-4-5-7-12(11)17-13;/h10-13,17H,4-9H2,1-3H3,(H,16,19);1H. The molecule has 0 spiro atoms. The maximum Gasteiger partial charge on any atom is 0.239 e. The Bertz CT molecular complexity index is 362. The predicted octanol–water partition coefficient (Wildman–Crippen LogP) is 1.31. The van der Waals surface area contributed by atoms with Gasteiger partial charge in [-0.1, -0.05) is 12.8 Å². The van der Waals surface area contributed by atoms with Crippen molar-refractivity contribution < 1.29 is 9.59 Å². The molecule has 0 radical (unpaired) electrons. The maximum absolute atomic E-state index is 12.4. The SMILES string of the molecule is CC(C)NC(=O)CN(C)C(=O)C1CC2CCCCC2N1.Cl. The minimum absolute atomic E-state index is 0. The highest BCUT2D eigenvalue weighted by atomic mass is 35.5. The van der Waals surface area contributed by atoms with Crippen molar-refractivity contribution in [3.63, 3.8) is 0 Å². The highest BCUT2D eigenvalue weighted by Gasteiger charge is 2.39. The van der Waals surface area contributed by atoms with Crippen molar-refractivity contribution in [3.05, 3.63) is 0 Å². The Morgan fingerprint density at radius 3 is 2.57 bits per heavy atom. The highest BCUT2D eigenvalue weighted by Crippen LogP contribution is 2.33. The van der Waals surface area contributed by atoms with Crippen LogP contribution >= 0.6 is 12.4 Å². The van der Waals surface area contributed by atoms with E-state index in [4.69, 9.17) is 0 Å². The van der Waals surface area contributed by atoms with Crippen LogP contribution in [0.15, 0.2) is 0 Å². The van der Waals surface area contributed by atoms with Gasteiger partial charge in [-0.05, 0) is 39.0 Å². The lowest BCUT2D eigenvalue weighted by molar-refractivity contribution is -0.136. The summed E-state index contributed by atoms with van der Waals surface area (Å²) >= 11 is 0. The molecule has 3 unspecified atom stereocenters. The quantitative estimate of drug-likeness (QED) is 0.822. The topological polar surface area (TPSA) is 61.4 Å². The van der Waals surface area contributed by atoms with Crippen LogP contribution in [-0.4, -0.2) is 48.4 Å². The van der Waals surface area contributed by atoms with Gasteiger partial charge in [0.05, 0.1) is 12.6 Å². The molecule has 2 fully saturated rings. The molecule has 6 heteroatoms. The highest BCUT2D eigenvalue weighted by molar-refractivity contribution is 5.87. The third-order valence-corrected chi connectivity index (χ3v) is 4.37. The maximum atomic E-state index is 12.4. The molecule has 2 N–H and O–H groups in total. The number of amides is 2. The minimum Gasteiger partial charge on any atom is -0.352 e. The molecule has 0 bridgehead atoms. The Kier molecular flexibility index (Phi) is 6.94. The summed E-state index contributed by atoms with van der Waals surface area (Å²) in [4.78, 5) is 25.7. The van der Waals surface area contributed by atoms with Crippen molar-refractivity contribution in [2.75, 3.05) is 13.6 Å². The Labute approximate surface area is 133 Å². The van der Waals surface area contributed by atoms with E-state index in [0.29, 0.717) is 12.0 Å². The van der Waals surface area contributed by atoms with Gasteiger partial charge in [0, 0.05) is 19.1 Å². The first-order valence-electron chi connectivity index (χ1n) is 7.77. The molecule has 122 valence electrons. The minimum atomic E-state index is -0.0973. The molecule has 0 aromatic carbocycles. The summed E-state index contributed by atoms with van der Waals surface area (Å²) in [5.41, 5.74) is 0. The number of carbonyl (C=O) groups excluding carboxylic acids is 2. The molecular weight excluding hydrogens is 290 g/mol. The molecular formula is C15H28ClN3O2. The molecule has 1 saturated carbocycles. The molecule has 0 aromatic heterocycles. The summed E-state index contributed by atoms with van der Waals surface area (Å²) in [5.74, 6) is 0.611. The van der Waals surface area contributed by atoms with E-state index < -0.39 is 0 Å². The number of hydrogen-bond donors (Lipinski definition) is 2. The van der Waals surface area contributed by atoms with Crippen LogP contribution in [0.3, 0.4) is 0 Å². The van der Waals surface area contributed by atoms with Gasteiger partial charge in [0.1, 0.15) is 0 Å². The number of hydrogen-bond acceptors (Lipinski definition) is 3. The van der Waals surface area contributed by atoms with Crippen molar-refractivity contribution in [1.29, 1.82) is 0 Å².